The number of aromatic nitrogens is 2. The Bertz CT molecular complexity index is 542. The Kier molecular flexibility index (Phi) is 4.67. The van der Waals surface area contributed by atoms with Crippen molar-refractivity contribution in [3.63, 3.8) is 0 Å². The van der Waals surface area contributed by atoms with Crippen LogP contribution >= 0.6 is 11.6 Å². The molecule has 6 nitrogen and oxygen atoms in total. The molecule has 3 rings (SSSR count). The van der Waals surface area contributed by atoms with Crippen molar-refractivity contribution >= 4 is 29.6 Å². The zero-order valence-electron chi connectivity index (χ0n) is 11.7. The van der Waals surface area contributed by atoms with E-state index >= 15 is 0 Å². The van der Waals surface area contributed by atoms with Gasteiger partial charge in [-0.3, -0.25) is 4.99 Å². The monoisotopic (exact) mass is 307 g/mol. The van der Waals surface area contributed by atoms with Crippen LogP contribution in [0.5, 0.6) is 0 Å². The first kappa shape index (κ1) is 14.3. The van der Waals surface area contributed by atoms with E-state index in [-0.39, 0.29) is 0 Å². The van der Waals surface area contributed by atoms with Gasteiger partial charge in [0.25, 0.3) is 0 Å². The van der Waals surface area contributed by atoms with Crippen molar-refractivity contribution < 1.29 is 4.74 Å². The van der Waals surface area contributed by atoms with Crippen LogP contribution in [0.1, 0.15) is 6.42 Å². The van der Waals surface area contributed by atoms with Crippen molar-refractivity contribution in [3.05, 3.63) is 23.5 Å². The van der Waals surface area contributed by atoms with Crippen LogP contribution in [0.25, 0.3) is 0 Å². The number of morpholine rings is 1. The third kappa shape index (κ3) is 3.92. The molecule has 2 aliphatic heterocycles. The second-order valence-electron chi connectivity index (χ2n) is 5.02. The van der Waals surface area contributed by atoms with Crippen LogP contribution < -0.4 is 10.2 Å². The molecule has 0 aromatic carbocycles. The highest BCUT2D eigenvalue weighted by atomic mass is 35.5. The van der Waals surface area contributed by atoms with Crippen molar-refractivity contribution in [2.24, 2.45) is 10.9 Å². The fourth-order valence-corrected chi connectivity index (χ4v) is 2.50. The smallest absolute Gasteiger partial charge is 0.226 e. The predicted molar refractivity (Wildman–Crippen MR) is 84.3 cm³/mol. The van der Waals surface area contributed by atoms with Crippen LogP contribution in [-0.4, -0.2) is 49.0 Å². The largest absolute Gasteiger partial charge is 0.378 e. The van der Waals surface area contributed by atoms with Crippen molar-refractivity contribution in [1.82, 2.24) is 9.97 Å². The molecule has 1 N–H and O–H groups in total. The van der Waals surface area contributed by atoms with Gasteiger partial charge in [-0.2, -0.15) is 4.98 Å². The lowest BCUT2D eigenvalue weighted by atomic mass is 10.1. The van der Waals surface area contributed by atoms with Gasteiger partial charge in [0, 0.05) is 44.0 Å². The Balaban J connectivity index is 1.65. The van der Waals surface area contributed by atoms with Crippen molar-refractivity contribution in [3.8, 4) is 0 Å². The number of ether oxygens (including phenoxy) is 1. The lowest BCUT2D eigenvalue weighted by Crippen LogP contribution is -2.36. The van der Waals surface area contributed by atoms with E-state index in [0.717, 1.165) is 45.1 Å². The van der Waals surface area contributed by atoms with Gasteiger partial charge in [-0.1, -0.05) is 17.7 Å². The van der Waals surface area contributed by atoms with Crippen molar-refractivity contribution in [2.45, 2.75) is 6.42 Å². The number of aliphatic imine (C=N–C) groups is 1. The average molecular weight is 308 g/mol. The lowest BCUT2D eigenvalue weighted by molar-refractivity contribution is 0.122. The standard InChI is InChI=1S/C14H18ClN5O/c15-12-9-13(20-5-7-21-8-6-20)19-14(18-12)17-10-11-1-3-16-4-2-11/h1,3-4,9,11H,2,5-8,10H2,(H,17,18,19). The van der Waals surface area contributed by atoms with Gasteiger partial charge >= 0.3 is 0 Å². The van der Waals surface area contributed by atoms with Gasteiger partial charge in [0.2, 0.25) is 5.95 Å². The minimum absolute atomic E-state index is 0.414. The number of anilines is 2. The van der Waals surface area contributed by atoms with E-state index in [9.17, 15) is 0 Å². The number of hydrogen-bond acceptors (Lipinski definition) is 6. The fourth-order valence-electron chi connectivity index (χ4n) is 2.32. The van der Waals surface area contributed by atoms with Crippen LogP contribution in [0, 0.1) is 5.92 Å². The molecule has 1 aromatic heterocycles. The molecule has 2 aliphatic rings. The third-order valence-corrected chi connectivity index (χ3v) is 3.69. The molecule has 1 fully saturated rings. The first-order valence-corrected chi connectivity index (χ1v) is 7.48. The van der Waals surface area contributed by atoms with E-state index in [1.54, 1.807) is 6.07 Å². The molecule has 1 unspecified atom stereocenters. The first-order valence-electron chi connectivity index (χ1n) is 7.11. The fraction of sp³-hybridized carbons (Fsp3) is 0.500. The first-order chi connectivity index (χ1) is 10.3. The minimum atomic E-state index is 0.414. The number of nitrogens with one attached hydrogen (secondary N) is 1. The number of halogens is 1. The molecule has 0 radical (unpaired) electrons. The summed E-state index contributed by atoms with van der Waals surface area (Å²) < 4.78 is 5.35. The maximum Gasteiger partial charge on any atom is 0.226 e. The summed E-state index contributed by atoms with van der Waals surface area (Å²) in [6.45, 7) is 3.86. The average Bonchev–Trinajstić information content (AvgIpc) is 2.54. The van der Waals surface area contributed by atoms with E-state index in [1.807, 2.05) is 12.4 Å². The second kappa shape index (κ2) is 6.87. The van der Waals surface area contributed by atoms with Gasteiger partial charge in [0.1, 0.15) is 11.0 Å². The van der Waals surface area contributed by atoms with Crippen LogP contribution in [0.3, 0.4) is 0 Å². The molecule has 0 saturated carbocycles. The second-order valence-corrected chi connectivity index (χ2v) is 5.41. The van der Waals surface area contributed by atoms with E-state index in [1.165, 1.54) is 0 Å². The Morgan fingerprint density at radius 1 is 1.33 bits per heavy atom. The highest BCUT2D eigenvalue weighted by molar-refractivity contribution is 6.29. The molecule has 0 aliphatic carbocycles. The molecular weight excluding hydrogens is 290 g/mol. The molecule has 0 spiro atoms. The molecule has 21 heavy (non-hydrogen) atoms. The van der Waals surface area contributed by atoms with Crippen molar-refractivity contribution in [2.75, 3.05) is 43.1 Å². The maximum absolute atomic E-state index is 6.11. The van der Waals surface area contributed by atoms with Crippen molar-refractivity contribution in [1.29, 1.82) is 0 Å². The predicted octanol–water partition coefficient (Wildman–Crippen LogP) is 1.98. The molecule has 112 valence electrons. The molecular formula is C14H18ClN5O. The summed E-state index contributed by atoms with van der Waals surface area (Å²) in [4.78, 5) is 15.0. The summed E-state index contributed by atoms with van der Waals surface area (Å²) >= 11 is 6.11. The van der Waals surface area contributed by atoms with Gasteiger partial charge in [0.15, 0.2) is 0 Å². The zero-order valence-corrected chi connectivity index (χ0v) is 12.5. The summed E-state index contributed by atoms with van der Waals surface area (Å²) in [5, 5.41) is 3.71. The van der Waals surface area contributed by atoms with Gasteiger partial charge < -0.3 is 15.0 Å². The molecule has 3 heterocycles. The molecule has 0 bridgehead atoms. The van der Waals surface area contributed by atoms with Gasteiger partial charge in [-0.25, -0.2) is 4.98 Å². The van der Waals surface area contributed by atoms with Crippen LogP contribution in [0.2, 0.25) is 5.15 Å². The number of hydrogen-bond donors (Lipinski definition) is 1. The lowest BCUT2D eigenvalue weighted by Gasteiger charge is -2.28. The van der Waals surface area contributed by atoms with E-state index in [4.69, 9.17) is 16.3 Å². The normalized spacial score (nSPS) is 21.6. The van der Waals surface area contributed by atoms with Gasteiger partial charge in [-0.15, -0.1) is 0 Å². The van der Waals surface area contributed by atoms with E-state index in [0.29, 0.717) is 17.0 Å². The Morgan fingerprint density at radius 2 is 2.19 bits per heavy atom. The summed E-state index contributed by atoms with van der Waals surface area (Å²) in [5.74, 6) is 1.83. The zero-order chi connectivity index (χ0) is 14.5. The van der Waals surface area contributed by atoms with Crippen LogP contribution in [0.4, 0.5) is 11.8 Å². The Labute approximate surface area is 128 Å². The molecule has 1 aromatic rings. The van der Waals surface area contributed by atoms with Gasteiger partial charge in [0.05, 0.1) is 13.2 Å². The highest BCUT2D eigenvalue weighted by Crippen LogP contribution is 2.20. The maximum atomic E-state index is 6.11. The summed E-state index contributed by atoms with van der Waals surface area (Å²) in [5.41, 5.74) is 0. The Morgan fingerprint density at radius 3 is 2.95 bits per heavy atom. The molecule has 7 heteroatoms. The molecule has 0 amide bonds. The number of rotatable bonds is 4. The summed E-state index contributed by atoms with van der Waals surface area (Å²) in [7, 11) is 0. The van der Waals surface area contributed by atoms with Crippen LogP contribution in [0.15, 0.2) is 23.3 Å². The molecule has 1 saturated heterocycles. The number of nitrogens with zero attached hydrogens (tertiary/aromatic N) is 4. The summed E-state index contributed by atoms with van der Waals surface area (Å²) in [6.07, 6.45) is 6.76. The SMILES string of the molecule is Clc1cc(N2CCOCC2)nc(NCC2C=CN=CC2)n1. The van der Waals surface area contributed by atoms with E-state index < -0.39 is 0 Å². The van der Waals surface area contributed by atoms with E-state index in [2.05, 4.69) is 31.3 Å². The third-order valence-electron chi connectivity index (χ3n) is 3.50. The summed E-state index contributed by atoms with van der Waals surface area (Å²) in [6, 6.07) is 1.80. The quantitative estimate of drug-likeness (QED) is 0.862. The highest BCUT2D eigenvalue weighted by Gasteiger charge is 2.15. The topological polar surface area (TPSA) is 62.6 Å². The minimum Gasteiger partial charge on any atom is -0.378 e. The molecule has 1 atom stereocenters. The Hall–Kier alpha value is -1.66. The van der Waals surface area contributed by atoms with Crippen LogP contribution in [-0.2, 0) is 4.74 Å². The van der Waals surface area contributed by atoms with Gasteiger partial charge in [-0.05, 0) is 6.42 Å².